The van der Waals surface area contributed by atoms with E-state index in [0.29, 0.717) is 18.0 Å². The summed E-state index contributed by atoms with van der Waals surface area (Å²) in [5.41, 5.74) is 2.56. The molecule has 0 aliphatic heterocycles. The van der Waals surface area contributed by atoms with Crippen LogP contribution in [0.25, 0.3) is 0 Å². The molecule has 0 saturated carbocycles. The monoisotopic (exact) mass is 279 g/mol. The van der Waals surface area contributed by atoms with Gasteiger partial charge in [-0.05, 0) is 32.9 Å². The number of carbonyl (C=O) groups excluding carboxylic acids is 2. The second kappa shape index (κ2) is 7.24. The summed E-state index contributed by atoms with van der Waals surface area (Å²) in [6.45, 7) is 9.04. The van der Waals surface area contributed by atoms with E-state index in [0.717, 1.165) is 11.4 Å². The van der Waals surface area contributed by atoms with E-state index >= 15 is 0 Å². The number of hydrogen-bond donors (Lipinski definition) is 2. The number of amides is 1. The Morgan fingerprint density at radius 3 is 2.45 bits per heavy atom. The number of ketones is 1. The molecule has 0 aliphatic carbocycles. The van der Waals surface area contributed by atoms with Crippen molar-refractivity contribution in [2.75, 3.05) is 26.7 Å². The molecule has 0 spiro atoms. The Bertz CT molecular complexity index is 477. The Kier molecular flexibility index (Phi) is 5.95. The average Bonchev–Trinajstić information content (AvgIpc) is 2.65. The van der Waals surface area contributed by atoms with Crippen molar-refractivity contribution in [3.8, 4) is 0 Å². The third kappa shape index (κ3) is 5.17. The maximum atomic E-state index is 12.1. The highest BCUT2D eigenvalue weighted by Crippen LogP contribution is 2.10. The summed E-state index contributed by atoms with van der Waals surface area (Å²) in [4.78, 5) is 28.7. The minimum absolute atomic E-state index is 0.0333. The Hall–Kier alpha value is -1.62. The van der Waals surface area contributed by atoms with Gasteiger partial charge in [0.15, 0.2) is 5.78 Å². The molecule has 0 radical (unpaired) electrons. The van der Waals surface area contributed by atoms with Crippen LogP contribution in [0.2, 0.25) is 0 Å². The molecule has 20 heavy (non-hydrogen) atoms. The number of likely N-dealkylation sites (N-methyl/N-ethyl adjacent to an activating group) is 1. The molecule has 1 aromatic rings. The van der Waals surface area contributed by atoms with Gasteiger partial charge in [0.2, 0.25) is 5.91 Å². The molecule has 0 saturated heterocycles. The largest absolute Gasteiger partial charge is 0.362 e. The molecule has 5 nitrogen and oxygen atoms in total. The third-order valence-corrected chi connectivity index (χ3v) is 2.98. The van der Waals surface area contributed by atoms with E-state index in [1.165, 1.54) is 0 Å². The van der Waals surface area contributed by atoms with Crippen LogP contribution in [0.3, 0.4) is 0 Å². The zero-order chi connectivity index (χ0) is 15.3. The van der Waals surface area contributed by atoms with Crippen molar-refractivity contribution < 1.29 is 9.59 Å². The molecule has 0 atom stereocenters. The van der Waals surface area contributed by atoms with Crippen molar-refractivity contribution in [1.82, 2.24) is 15.2 Å². The van der Waals surface area contributed by atoms with Crippen LogP contribution in [0.15, 0.2) is 6.07 Å². The highest BCUT2D eigenvalue weighted by molar-refractivity contribution is 5.99. The number of rotatable bonds is 7. The Morgan fingerprint density at radius 1 is 1.30 bits per heavy atom. The molecule has 0 fully saturated rings. The fraction of sp³-hybridized carbons (Fsp3) is 0.600. The molecule has 0 aromatic carbocycles. The summed E-state index contributed by atoms with van der Waals surface area (Å²) in [5.74, 6) is 0.415. The summed E-state index contributed by atoms with van der Waals surface area (Å²) >= 11 is 0. The van der Waals surface area contributed by atoms with Crippen LogP contribution in [-0.4, -0.2) is 48.3 Å². The summed E-state index contributed by atoms with van der Waals surface area (Å²) < 4.78 is 0. The molecule has 0 bridgehead atoms. The standard InChI is InChI=1S/C15H25N3O2/c1-10(2)7-16-15(20)9-18(5)8-14(19)13-6-11(3)17-12(13)4/h6,10,17H,7-9H2,1-5H3,(H,16,20). The van der Waals surface area contributed by atoms with Gasteiger partial charge in [-0.15, -0.1) is 0 Å². The van der Waals surface area contributed by atoms with E-state index in [9.17, 15) is 9.59 Å². The van der Waals surface area contributed by atoms with Gasteiger partial charge >= 0.3 is 0 Å². The molecular weight excluding hydrogens is 254 g/mol. The maximum absolute atomic E-state index is 12.1. The fourth-order valence-electron chi connectivity index (χ4n) is 2.02. The zero-order valence-corrected chi connectivity index (χ0v) is 13.0. The van der Waals surface area contributed by atoms with Crippen molar-refractivity contribution in [3.05, 3.63) is 23.0 Å². The van der Waals surface area contributed by atoms with Crippen LogP contribution in [0.5, 0.6) is 0 Å². The van der Waals surface area contributed by atoms with Gasteiger partial charge in [-0.1, -0.05) is 13.8 Å². The SMILES string of the molecule is Cc1cc(C(=O)CN(C)CC(=O)NCC(C)C)c(C)[nH]1. The summed E-state index contributed by atoms with van der Waals surface area (Å²) in [6, 6.07) is 1.85. The maximum Gasteiger partial charge on any atom is 0.234 e. The summed E-state index contributed by atoms with van der Waals surface area (Å²) in [5, 5.41) is 2.84. The van der Waals surface area contributed by atoms with Crippen LogP contribution in [-0.2, 0) is 4.79 Å². The number of aryl methyl sites for hydroxylation is 2. The number of aromatic nitrogens is 1. The molecule has 1 heterocycles. The first-order valence-electron chi connectivity index (χ1n) is 6.94. The van der Waals surface area contributed by atoms with Crippen molar-refractivity contribution in [1.29, 1.82) is 0 Å². The average molecular weight is 279 g/mol. The summed E-state index contributed by atoms with van der Waals surface area (Å²) in [6.07, 6.45) is 0. The van der Waals surface area contributed by atoms with Crippen LogP contribution >= 0.6 is 0 Å². The van der Waals surface area contributed by atoms with Crippen LogP contribution in [0.4, 0.5) is 0 Å². The van der Waals surface area contributed by atoms with Gasteiger partial charge in [-0.3, -0.25) is 14.5 Å². The van der Waals surface area contributed by atoms with Gasteiger partial charge in [-0.2, -0.15) is 0 Å². The summed E-state index contributed by atoms with van der Waals surface area (Å²) in [7, 11) is 1.78. The van der Waals surface area contributed by atoms with Crippen molar-refractivity contribution >= 4 is 11.7 Å². The number of Topliss-reactive ketones (excluding diaryl/α,β-unsaturated/α-hetero) is 1. The number of nitrogens with one attached hydrogen (secondary N) is 2. The minimum Gasteiger partial charge on any atom is -0.362 e. The molecule has 5 heteroatoms. The molecule has 0 aliphatic rings. The van der Waals surface area contributed by atoms with E-state index in [2.05, 4.69) is 10.3 Å². The first-order chi connectivity index (χ1) is 9.29. The molecule has 112 valence electrons. The molecule has 2 N–H and O–H groups in total. The van der Waals surface area contributed by atoms with Crippen molar-refractivity contribution in [2.45, 2.75) is 27.7 Å². The molecule has 1 aromatic heterocycles. The zero-order valence-electron chi connectivity index (χ0n) is 13.0. The highest BCUT2D eigenvalue weighted by atomic mass is 16.2. The first-order valence-corrected chi connectivity index (χ1v) is 6.94. The van der Waals surface area contributed by atoms with Gasteiger partial charge in [0.25, 0.3) is 0 Å². The van der Waals surface area contributed by atoms with E-state index < -0.39 is 0 Å². The Labute approximate surface area is 120 Å². The number of carbonyl (C=O) groups is 2. The number of hydrogen-bond acceptors (Lipinski definition) is 3. The van der Waals surface area contributed by atoms with Crippen molar-refractivity contribution in [3.63, 3.8) is 0 Å². The van der Waals surface area contributed by atoms with Gasteiger partial charge in [0.05, 0.1) is 13.1 Å². The highest BCUT2D eigenvalue weighted by Gasteiger charge is 2.15. The first kappa shape index (κ1) is 16.4. The lowest BCUT2D eigenvalue weighted by molar-refractivity contribution is -0.121. The van der Waals surface area contributed by atoms with E-state index in [-0.39, 0.29) is 24.8 Å². The van der Waals surface area contributed by atoms with Crippen LogP contribution < -0.4 is 5.32 Å². The van der Waals surface area contributed by atoms with Gasteiger partial charge < -0.3 is 10.3 Å². The topological polar surface area (TPSA) is 65.2 Å². The second-order valence-electron chi connectivity index (χ2n) is 5.78. The third-order valence-electron chi connectivity index (χ3n) is 2.98. The Balaban J connectivity index is 2.46. The minimum atomic E-state index is -0.0454. The van der Waals surface area contributed by atoms with Gasteiger partial charge in [0.1, 0.15) is 0 Å². The number of aromatic amines is 1. The quantitative estimate of drug-likeness (QED) is 0.744. The molecule has 1 amide bonds. The Morgan fingerprint density at radius 2 is 1.95 bits per heavy atom. The van der Waals surface area contributed by atoms with Gasteiger partial charge in [-0.25, -0.2) is 0 Å². The number of nitrogens with zero attached hydrogens (tertiary/aromatic N) is 1. The normalized spacial score (nSPS) is 11.2. The lowest BCUT2D eigenvalue weighted by Crippen LogP contribution is -2.38. The van der Waals surface area contributed by atoms with E-state index in [4.69, 9.17) is 0 Å². The molecular formula is C15H25N3O2. The van der Waals surface area contributed by atoms with E-state index in [1.807, 2.05) is 33.8 Å². The van der Waals surface area contributed by atoms with Crippen LogP contribution in [0, 0.1) is 19.8 Å². The predicted molar refractivity (Wildman–Crippen MR) is 79.9 cm³/mol. The van der Waals surface area contributed by atoms with Crippen molar-refractivity contribution in [2.24, 2.45) is 5.92 Å². The smallest absolute Gasteiger partial charge is 0.234 e. The second-order valence-corrected chi connectivity index (χ2v) is 5.78. The van der Waals surface area contributed by atoms with Gasteiger partial charge in [0, 0.05) is 23.5 Å². The predicted octanol–water partition coefficient (Wildman–Crippen LogP) is 1.52. The van der Waals surface area contributed by atoms with E-state index in [1.54, 1.807) is 11.9 Å². The number of H-pyrrole nitrogens is 1. The lowest BCUT2D eigenvalue weighted by atomic mass is 10.1. The lowest BCUT2D eigenvalue weighted by Gasteiger charge is -2.16. The fourth-order valence-corrected chi connectivity index (χ4v) is 2.02. The van der Waals surface area contributed by atoms with Crippen LogP contribution in [0.1, 0.15) is 35.6 Å². The molecule has 1 rings (SSSR count). The molecule has 0 unspecified atom stereocenters.